The Morgan fingerprint density at radius 3 is 2.33 bits per heavy atom. The molecular weight excluding hydrogens is 156 g/mol. The number of likely N-dealkylation sites (tertiary alicyclic amines) is 1. The highest BCUT2D eigenvalue weighted by atomic mass is 16.2. The van der Waals surface area contributed by atoms with E-state index in [4.69, 9.17) is 5.73 Å². The van der Waals surface area contributed by atoms with E-state index in [1.165, 1.54) is 6.92 Å². The summed E-state index contributed by atoms with van der Waals surface area (Å²) >= 11 is 0. The van der Waals surface area contributed by atoms with Crippen molar-refractivity contribution >= 4 is 11.8 Å². The molecule has 68 valence electrons. The van der Waals surface area contributed by atoms with E-state index in [2.05, 4.69) is 0 Å². The highest BCUT2D eigenvalue weighted by Gasteiger charge is 2.39. The zero-order valence-corrected chi connectivity index (χ0v) is 7.46. The summed E-state index contributed by atoms with van der Waals surface area (Å²) < 4.78 is 0. The SMILES string of the molecule is CC(=O)N1CCC(C)(C(N)=O)C1. The van der Waals surface area contributed by atoms with Crippen LogP contribution in [0.4, 0.5) is 0 Å². The van der Waals surface area contributed by atoms with Gasteiger partial charge in [-0.05, 0) is 13.3 Å². The quantitative estimate of drug-likeness (QED) is 0.588. The number of carbonyl (C=O) groups excluding carboxylic acids is 2. The fourth-order valence-electron chi connectivity index (χ4n) is 1.43. The monoisotopic (exact) mass is 170 g/mol. The molecule has 0 radical (unpaired) electrons. The molecule has 0 spiro atoms. The topological polar surface area (TPSA) is 63.4 Å². The van der Waals surface area contributed by atoms with Gasteiger partial charge in [-0.1, -0.05) is 0 Å². The smallest absolute Gasteiger partial charge is 0.225 e. The predicted molar refractivity (Wildman–Crippen MR) is 44.2 cm³/mol. The standard InChI is InChI=1S/C8H14N2O2/c1-6(11)10-4-3-8(2,5-10)7(9)12/h3-5H2,1-2H3,(H2,9,12). The molecule has 1 heterocycles. The van der Waals surface area contributed by atoms with E-state index in [0.29, 0.717) is 19.5 Å². The molecule has 1 aliphatic heterocycles. The lowest BCUT2D eigenvalue weighted by atomic mass is 9.89. The van der Waals surface area contributed by atoms with Gasteiger partial charge < -0.3 is 10.6 Å². The highest BCUT2D eigenvalue weighted by molar-refractivity contribution is 5.83. The number of hydrogen-bond acceptors (Lipinski definition) is 2. The first-order valence-electron chi connectivity index (χ1n) is 4.01. The molecule has 4 nitrogen and oxygen atoms in total. The van der Waals surface area contributed by atoms with Crippen molar-refractivity contribution in [2.75, 3.05) is 13.1 Å². The Morgan fingerprint density at radius 1 is 1.50 bits per heavy atom. The molecule has 2 amide bonds. The minimum Gasteiger partial charge on any atom is -0.369 e. The van der Waals surface area contributed by atoms with Crippen LogP contribution in [0.3, 0.4) is 0 Å². The summed E-state index contributed by atoms with van der Waals surface area (Å²) in [6.07, 6.45) is 0.682. The van der Waals surface area contributed by atoms with E-state index in [1.54, 1.807) is 11.8 Å². The average molecular weight is 170 g/mol. The summed E-state index contributed by atoms with van der Waals surface area (Å²) in [4.78, 5) is 23.6. The van der Waals surface area contributed by atoms with Crippen LogP contribution in [-0.2, 0) is 9.59 Å². The van der Waals surface area contributed by atoms with Crippen LogP contribution in [0.2, 0.25) is 0 Å². The number of amides is 2. The van der Waals surface area contributed by atoms with Gasteiger partial charge >= 0.3 is 0 Å². The van der Waals surface area contributed by atoms with Crippen LogP contribution in [-0.4, -0.2) is 29.8 Å². The molecule has 4 heteroatoms. The fraction of sp³-hybridized carbons (Fsp3) is 0.750. The van der Waals surface area contributed by atoms with Gasteiger partial charge in [0, 0.05) is 20.0 Å². The normalized spacial score (nSPS) is 29.0. The van der Waals surface area contributed by atoms with Crippen molar-refractivity contribution in [1.82, 2.24) is 4.90 Å². The number of primary amides is 1. The number of hydrogen-bond donors (Lipinski definition) is 1. The summed E-state index contributed by atoms with van der Waals surface area (Å²) in [7, 11) is 0. The minimum absolute atomic E-state index is 0.0139. The summed E-state index contributed by atoms with van der Waals surface area (Å²) in [5.41, 5.74) is 4.71. The minimum atomic E-state index is -0.508. The van der Waals surface area contributed by atoms with Crippen LogP contribution < -0.4 is 5.73 Å². The summed E-state index contributed by atoms with van der Waals surface area (Å²) in [5, 5.41) is 0. The molecule has 1 saturated heterocycles. The molecule has 1 aliphatic rings. The lowest BCUT2D eigenvalue weighted by Gasteiger charge is -2.19. The maximum atomic E-state index is 11.0. The second-order valence-electron chi connectivity index (χ2n) is 3.62. The van der Waals surface area contributed by atoms with Gasteiger partial charge in [-0.2, -0.15) is 0 Å². The molecule has 1 rings (SSSR count). The lowest BCUT2D eigenvalue weighted by molar-refractivity contribution is -0.129. The summed E-state index contributed by atoms with van der Waals surface area (Å²) in [5.74, 6) is -0.300. The first-order valence-corrected chi connectivity index (χ1v) is 4.01. The largest absolute Gasteiger partial charge is 0.369 e. The third kappa shape index (κ3) is 1.42. The number of rotatable bonds is 1. The van der Waals surface area contributed by atoms with Gasteiger partial charge in [-0.25, -0.2) is 0 Å². The van der Waals surface area contributed by atoms with Gasteiger partial charge in [0.05, 0.1) is 5.41 Å². The lowest BCUT2D eigenvalue weighted by Crippen LogP contribution is -2.38. The number of nitrogens with two attached hydrogens (primary N) is 1. The Bertz CT molecular complexity index is 227. The Balaban J connectivity index is 2.67. The molecule has 1 atom stereocenters. The van der Waals surface area contributed by atoms with Gasteiger partial charge in [0.2, 0.25) is 11.8 Å². The zero-order valence-electron chi connectivity index (χ0n) is 7.46. The van der Waals surface area contributed by atoms with Crippen LogP contribution in [0.1, 0.15) is 20.3 Å². The van der Waals surface area contributed by atoms with E-state index in [0.717, 1.165) is 0 Å². The fourth-order valence-corrected chi connectivity index (χ4v) is 1.43. The molecule has 1 unspecified atom stereocenters. The van der Waals surface area contributed by atoms with Crippen molar-refractivity contribution < 1.29 is 9.59 Å². The van der Waals surface area contributed by atoms with Crippen molar-refractivity contribution in [3.8, 4) is 0 Å². The predicted octanol–water partition coefficient (Wildman–Crippen LogP) is -0.270. The van der Waals surface area contributed by atoms with Crippen molar-refractivity contribution in [2.45, 2.75) is 20.3 Å². The van der Waals surface area contributed by atoms with E-state index in [1.807, 2.05) is 0 Å². The molecular formula is C8H14N2O2. The van der Waals surface area contributed by atoms with Gasteiger partial charge in [-0.15, -0.1) is 0 Å². The molecule has 2 N–H and O–H groups in total. The maximum Gasteiger partial charge on any atom is 0.225 e. The molecule has 0 aromatic heterocycles. The van der Waals surface area contributed by atoms with Crippen molar-refractivity contribution in [1.29, 1.82) is 0 Å². The van der Waals surface area contributed by atoms with Crippen LogP contribution >= 0.6 is 0 Å². The molecule has 0 aliphatic carbocycles. The van der Waals surface area contributed by atoms with Gasteiger partial charge in [0.1, 0.15) is 0 Å². The zero-order chi connectivity index (χ0) is 9.35. The Hall–Kier alpha value is -1.06. The number of carbonyl (C=O) groups is 2. The second-order valence-corrected chi connectivity index (χ2v) is 3.62. The van der Waals surface area contributed by atoms with E-state index in [-0.39, 0.29) is 11.8 Å². The van der Waals surface area contributed by atoms with E-state index < -0.39 is 5.41 Å². The Morgan fingerprint density at radius 2 is 2.08 bits per heavy atom. The molecule has 1 fully saturated rings. The first-order chi connectivity index (χ1) is 5.46. The third-order valence-electron chi connectivity index (χ3n) is 2.51. The van der Waals surface area contributed by atoms with Crippen LogP contribution in [0.25, 0.3) is 0 Å². The molecule has 0 bridgehead atoms. The Labute approximate surface area is 71.7 Å². The van der Waals surface area contributed by atoms with Crippen LogP contribution in [0, 0.1) is 5.41 Å². The van der Waals surface area contributed by atoms with Gasteiger partial charge in [0.25, 0.3) is 0 Å². The Kier molecular flexibility index (Phi) is 2.08. The molecule has 0 aromatic carbocycles. The van der Waals surface area contributed by atoms with E-state index in [9.17, 15) is 9.59 Å². The van der Waals surface area contributed by atoms with Gasteiger partial charge in [0.15, 0.2) is 0 Å². The first kappa shape index (κ1) is 9.03. The van der Waals surface area contributed by atoms with E-state index >= 15 is 0 Å². The van der Waals surface area contributed by atoms with Crippen molar-refractivity contribution in [3.05, 3.63) is 0 Å². The van der Waals surface area contributed by atoms with Crippen LogP contribution in [0.5, 0.6) is 0 Å². The average Bonchev–Trinajstić information content (AvgIpc) is 2.33. The van der Waals surface area contributed by atoms with Gasteiger partial charge in [-0.3, -0.25) is 9.59 Å². The number of nitrogens with zero attached hydrogens (tertiary/aromatic N) is 1. The maximum absolute atomic E-state index is 11.0. The molecule has 0 saturated carbocycles. The second kappa shape index (κ2) is 2.77. The van der Waals surface area contributed by atoms with Crippen molar-refractivity contribution in [3.63, 3.8) is 0 Å². The van der Waals surface area contributed by atoms with Crippen LogP contribution in [0.15, 0.2) is 0 Å². The third-order valence-corrected chi connectivity index (χ3v) is 2.51. The molecule has 0 aromatic rings. The van der Waals surface area contributed by atoms with Crippen molar-refractivity contribution in [2.24, 2.45) is 11.1 Å². The highest BCUT2D eigenvalue weighted by Crippen LogP contribution is 2.29. The summed E-state index contributed by atoms with van der Waals surface area (Å²) in [6, 6.07) is 0. The molecule has 12 heavy (non-hydrogen) atoms. The summed E-state index contributed by atoms with van der Waals surface area (Å²) in [6.45, 7) is 4.43.